The molecule has 1 rings (SSSR count). The minimum Gasteiger partial charge on any atom is -0.490 e. The van der Waals surface area contributed by atoms with Gasteiger partial charge in [0.15, 0.2) is 0 Å². The number of benzene rings is 1. The average molecular weight is 293 g/mol. The molecule has 21 heavy (non-hydrogen) atoms. The molecule has 0 atom stereocenters. The largest absolute Gasteiger partial charge is 0.490 e. The average Bonchev–Trinajstić information content (AvgIpc) is 2.40. The van der Waals surface area contributed by atoms with Crippen LogP contribution in [0.25, 0.3) is 0 Å². The standard InChI is InChI=1S/C16H27N3O2/c1-12(2)7-8-18-16(20)13-5-6-14(17)15(11-13)21-10-9-19(3)4/h5-6,11-12H,7-10,17H2,1-4H3,(H,18,20). The highest BCUT2D eigenvalue weighted by molar-refractivity contribution is 5.95. The maximum atomic E-state index is 12.1. The monoisotopic (exact) mass is 293 g/mol. The molecule has 5 nitrogen and oxygen atoms in total. The van der Waals surface area contributed by atoms with Gasteiger partial charge in [-0.15, -0.1) is 0 Å². The first-order valence-corrected chi connectivity index (χ1v) is 7.35. The third kappa shape index (κ3) is 6.49. The second-order valence-electron chi connectivity index (χ2n) is 5.84. The molecule has 0 fully saturated rings. The van der Waals surface area contributed by atoms with Gasteiger partial charge in [-0.05, 0) is 44.6 Å². The van der Waals surface area contributed by atoms with Crippen LogP contribution in [0, 0.1) is 5.92 Å². The fourth-order valence-electron chi connectivity index (χ4n) is 1.72. The summed E-state index contributed by atoms with van der Waals surface area (Å²) in [6.45, 7) is 6.27. The number of hydrogen-bond acceptors (Lipinski definition) is 4. The predicted octanol–water partition coefficient (Wildman–Crippen LogP) is 1.99. The van der Waals surface area contributed by atoms with Crippen LogP contribution in [0.15, 0.2) is 18.2 Å². The van der Waals surface area contributed by atoms with Crippen LogP contribution in [-0.2, 0) is 0 Å². The van der Waals surface area contributed by atoms with Gasteiger partial charge in [0.05, 0.1) is 5.69 Å². The molecule has 0 saturated heterocycles. The van der Waals surface area contributed by atoms with Gasteiger partial charge in [0, 0.05) is 18.7 Å². The highest BCUT2D eigenvalue weighted by atomic mass is 16.5. The third-order valence-electron chi connectivity index (χ3n) is 3.08. The Hall–Kier alpha value is -1.75. The first-order valence-electron chi connectivity index (χ1n) is 7.35. The van der Waals surface area contributed by atoms with Crippen LogP contribution in [0.4, 0.5) is 5.69 Å². The zero-order valence-corrected chi connectivity index (χ0v) is 13.5. The zero-order chi connectivity index (χ0) is 15.8. The molecule has 0 radical (unpaired) electrons. The van der Waals surface area contributed by atoms with E-state index in [1.165, 1.54) is 0 Å². The van der Waals surface area contributed by atoms with E-state index in [9.17, 15) is 4.79 Å². The number of ether oxygens (including phenoxy) is 1. The molecule has 1 aromatic rings. The van der Waals surface area contributed by atoms with E-state index in [0.29, 0.717) is 36.1 Å². The lowest BCUT2D eigenvalue weighted by atomic mass is 10.1. The summed E-state index contributed by atoms with van der Waals surface area (Å²) in [5.74, 6) is 1.04. The SMILES string of the molecule is CC(C)CCNC(=O)c1ccc(N)c(OCCN(C)C)c1. The van der Waals surface area contributed by atoms with E-state index in [0.717, 1.165) is 13.0 Å². The van der Waals surface area contributed by atoms with Gasteiger partial charge in [0.1, 0.15) is 12.4 Å². The molecule has 1 aromatic carbocycles. The summed E-state index contributed by atoms with van der Waals surface area (Å²) < 4.78 is 5.63. The van der Waals surface area contributed by atoms with Crippen molar-refractivity contribution in [2.45, 2.75) is 20.3 Å². The van der Waals surface area contributed by atoms with Gasteiger partial charge >= 0.3 is 0 Å². The summed E-state index contributed by atoms with van der Waals surface area (Å²) in [5.41, 5.74) is 7.00. The second-order valence-corrected chi connectivity index (χ2v) is 5.84. The molecule has 0 aliphatic carbocycles. The lowest BCUT2D eigenvalue weighted by Gasteiger charge is -2.13. The summed E-state index contributed by atoms with van der Waals surface area (Å²) in [4.78, 5) is 14.1. The fourth-order valence-corrected chi connectivity index (χ4v) is 1.72. The van der Waals surface area contributed by atoms with E-state index < -0.39 is 0 Å². The summed E-state index contributed by atoms with van der Waals surface area (Å²) in [5, 5.41) is 2.91. The number of hydrogen-bond donors (Lipinski definition) is 2. The van der Waals surface area contributed by atoms with Gasteiger partial charge in [-0.25, -0.2) is 0 Å². The zero-order valence-electron chi connectivity index (χ0n) is 13.5. The summed E-state index contributed by atoms with van der Waals surface area (Å²) in [7, 11) is 3.95. The van der Waals surface area contributed by atoms with Gasteiger partial charge in [0.25, 0.3) is 5.91 Å². The predicted molar refractivity (Wildman–Crippen MR) is 86.7 cm³/mol. The minimum atomic E-state index is -0.0897. The van der Waals surface area contributed by atoms with Crippen LogP contribution >= 0.6 is 0 Å². The Balaban J connectivity index is 2.60. The van der Waals surface area contributed by atoms with Crippen molar-refractivity contribution in [2.24, 2.45) is 5.92 Å². The lowest BCUT2D eigenvalue weighted by Crippen LogP contribution is -2.25. The van der Waals surface area contributed by atoms with E-state index >= 15 is 0 Å². The molecule has 0 saturated carbocycles. The molecule has 1 amide bonds. The first-order chi connectivity index (χ1) is 9.90. The summed E-state index contributed by atoms with van der Waals surface area (Å²) >= 11 is 0. The molecule has 0 aliphatic heterocycles. The fraction of sp³-hybridized carbons (Fsp3) is 0.562. The van der Waals surface area contributed by atoms with E-state index in [2.05, 4.69) is 19.2 Å². The van der Waals surface area contributed by atoms with Crippen LogP contribution in [-0.4, -0.2) is 44.6 Å². The van der Waals surface area contributed by atoms with Crippen molar-refractivity contribution in [2.75, 3.05) is 39.5 Å². The first kappa shape index (κ1) is 17.3. The van der Waals surface area contributed by atoms with Gasteiger partial charge in [-0.2, -0.15) is 0 Å². The molecule has 5 heteroatoms. The Labute approximate surface area is 127 Å². The number of nitrogens with zero attached hydrogens (tertiary/aromatic N) is 1. The Bertz CT molecular complexity index is 459. The van der Waals surface area contributed by atoms with Crippen LogP contribution in [0.1, 0.15) is 30.6 Å². The van der Waals surface area contributed by atoms with E-state index in [1.807, 2.05) is 19.0 Å². The Morgan fingerprint density at radius 1 is 1.38 bits per heavy atom. The number of nitrogens with one attached hydrogen (secondary N) is 1. The molecule has 118 valence electrons. The molecule has 0 spiro atoms. The smallest absolute Gasteiger partial charge is 0.251 e. The van der Waals surface area contributed by atoms with Crippen LogP contribution in [0.5, 0.6) is 5.75 Å². The van der Waals surface area contributed by atoms with Crippen LogP contribution in [0.2, 0.25) is 0 Å². The van der Waals surface area contributed by atoms with E-state index in [1.54, 1.807) is 18.2 Å². The Kier molecular flexibility index (Phi) is 7.02. The number of nitrogen functional groups attached to an aromatic ring is 1. The lowest BCUT2D eigenvalue weighted by molar-refractivity contribution is 0.0951. The summed E-state index contributed by atoms with van der Waals surface area (Å²) in [6, 6.07) is 5.14. The number of carbonyl (C=O) groups is 1. The van der Waals surface area contributed by atoms with Gasteiger partial charge in [-0.3, -0.25) is 4.79 Å². The van der Waals surface area contributed by atoms with Crippen LogP contribution in [0.3, 0.4) is 0 Å². The molecular formula is C16H27N3O2. The highest BCUT2D eigenvalue weighted by Gasteiger charge is 2.09. The quantitative estimate of drug-likeness (QED) is 0.719. The Morgan fingerprint density at radius 3 is 2.71 bits per heavy atom. The molecule has 0 aliphatic rings. The number of anilines is 1. The maximum absolute atomic E-state index is 12.1. The van der Waals surface area contributed by atoms with Crippen LogP contribution < -0.4 is 15.8 Å². The molecule has 3 N–H and O–H groups in total. The van der Waals surface area contributed by atoms with Crippen molar-refractivity contribution in [3.63, 3.8) is 0 Å². The highest BCUT2D eigenvalue weighted by Crippen LogP contribution is 2.22. The number of likely N-dealkylation sites (N-methyl/N-ethyl adjacent to an activating group) is 1. The second kappa shape index (κ2) is 8.52. The van der Waals surface area contributed by atoms with Crippen molar-refractivity contribution in [3.05, 3.63) is 23.8 Å². The molecule has 0 aromatic heterocycles. The van der Waals surface area contributed by atoms with Crippen molar-refractivity contribution < 1.29 is 9.53 Å². The number of amides is 1. The van der Waals surface area contributed by atoms with E-state index in [-0.39, 0.29) is 5.91 Å². The molecule has 0 unspecified atom stereocenters. The van der Waals surface area contributed by atoms with Gasteiger partial charge < -0.3 is 20.7 Å². The van der Waals surface area contributed by atoms with Gasteiger partial charge in [-0.1, -0.05) is 13.8 Å². The van der Waals surface area contributed by atoms with Crippen molar-refractivity contribution in [1.29, 1.82) is 0 Å². The van der Waals surface area contributed by atoms with Gasteiger partial charge in [0.2, 0.25) is 0 Å². The summed E-state index contributed by atoms with van der Waals surface area (Å²) in [6.07, 6.45) is 0.965. The molecule has 0 heterocycles. The molecular weight excluding hydrogens is 266 g/mol. The van der Waals surface area contributed by atoms with Crippen molar-refractivity contribution in [3.8, 4) is 5.75 Å². The normalized spacial score (nSPS) is 11.0. The van der Waals surface area contributed by atoms with E-state index in [4.69, 9.17) is 10.5 Å². The Morgan fingerprint density at radius 2 is 2.10 bits per heavy atom. The maximum Gasteiger partial charge on any atom is 0.251 e. The number of rotatable bonds is 8. The van der Waals surface area contributed by atoms with Crippen molar-refractivity contribution in [1.82, 2.24) is 10.2 Å². The third-order valence-corrected chi connectivity index (χ3v) is 3.08. The molecule has 0 bridgehead atoms. The number of nitrogens with two attached hydrogens (primary N) is 1. The number of carbonyl (C=O) groups excluding carboxylic acids is 1. The minimum absolute atomic E-state index is 0.0897. The van der Waals surface area contributed by atoms with Crippen molar-refractivity contribution >= 4 is 11.6 Å². The topological polar surface area (TPSA) is 67.6 Å².